The minimum absolute atomic E-state index is 0.0963. The van der Waals surface area contributed by atoms with E-state index in [9.17, 15) is 8.78 Å². The molecule has 0 aliphatic rings. The van der Waals surface area contributed by atoms with Gasteiger partial charge in [-0.3, -0.25) is 0 Å². The first kappa shape index (κ1) is 12.0. The molecule has 0 saturated heterocycles. The standard InChI is InChI=1S/C12H11F2NOS/c13-10-4-8(6-15)5-11(14)12(10)16-7-9-2-1-3-17-9/h1-5H,6-7,15H2. The van der Waals surface area contributed by atoms with Crippen molar-refractivity contribution < 1.29 is 13.5 Å². The van der Waals surface area contributed by atoms with E-state index in [0.717, 1.165) is 4.88 Å². The second-order valence-corrected chi connectivity index (χ2v) is 4.49. The molecule has 2 aromatic rings. The third kappa shape index (κ3) is 2.81. The van der Waals surface area contributed by atoms with E-state index in [2.05, 4.69) is 0 Å². The summed E-state index contributed by atoms with van der Waals surface area (Å²) in [5.41, 5.74) is 5.72. The van der Waals surface area contributed by atoms with Gasteiger partial charge in [-0.15, -0.1) is 11.3 Å². The van der Waals surface area contributed by atoms with Gasteiger partial charge in [0.1, 0.15) is 6.61 Å². The molecule has 2 N–H and O–H groups in total. The van der Waals surface area contributed by atoms with Gasteiger partial charge in [-0.2, -0.15) is 0 Å². The first-order valence-electron chi connectivity index (χ1n) is 5.04. The molecular formula is C12H11F2NOS. The van der Waals surface area contributed by atoms with E-state index in [1.165, 1.54) is 23.5 Å². The molecule has 1 aromatic heterocycles. The first-order chi connectivity index (χ1) is 8.20. The van der Waals surface area contributed by atoms with Gasteiger partial charge in [0.05, 0.1) is 0 Å². The van der Waals surface area contributed by atoms with Crippen LogP contribution < -0.4 is 10.5 Å². The highest BCUT2D eigenvalue weighted by Crippen LogP contribution is 2.24. The molecule has 0 bridgehead atoms. The van der Waals surface area contributed by atoms with Gasteiger partial charge in [0.15, 0.2) is 17.4 Å². The van der Waals surface area contributed by atoms with Crippen LogP contribution in [-0.4, -0.2) is 0 Å². The van der Waals surface area contributed by atoms with Crippen LogP contribution in [0.25, 0.3) is 0 Å². The fourth-order valence-electron chi connectivity index (χ4n) is 1.41. The first-order valence-corrected chi connectivity index (χ1v) is 5.92. The van der Waals surface area contributed by atoms with Crippen molar-refractivity contribution in [2.75, 3.05) is 0 Å². The molecule has 5 heteroatoms. The summed E-state index contributed by atoms with van der Waals surface area (Å²) < 4.78 is 32.1. The molecule has 0 spiro atoms. The largest absolute Gasteiger partial charge is 0.482 e. The lowest BCUT2D eigenvalue weighted by Crippen LogP contribution is -2.02. The van der Waals surface area contributed by atoms with Crippen molar-refractivity contribution in [1.29, 1.82) is 0 Å². The lowest BCUT2D eigenvalue weighted by molar-refractivity contribution is 0.276. The predicted octanol–water partition coefficient (Wildman–Crippen LogP) is 3.06. The van der Waals surface area contributed by atoms with Crippen molar-refractivity contribution in [1.82, 2.24) is 0 Å². The van der Waals surface area contributed by atoms with Crippen molar-refractivity contribution in [2.24, 2.45) is 5.73 Å². The topological polar surface area (TPSA) is 35.2 Å². The second kappa shape index (κ2) is 5.25. The highest BCUT2D eigenvalue weighted by molar-refractivity contribution is 7.09. The van der Waals surface area contributed by atoms with Crippen LogP contribution >= 0.6 is 11.3 Å². The summed E-state index contributed by atoms with van der Waals surface area (Å²) in [5, 5.41) is 1.88. The van der Waals surface area contributed by atoms with Gasteiger partial charge in [0.25, 0.3) is 0 Å². The van der Waals surface area contributed by atoms with Crippen LogP contribution in [0.2, 0.25) is 0 Å². The van der Waals surface area contributed by atoms with E-state index in [4.69, 9.17) is 10.5 Å². The fraction of sp³-hybridized carbons (Fsp3) is 0.167. The van der Waals surface area contributed by atoms with Crippen LogP contribution in [0.15, 0.2) is 29.6 Å². The zero-order chi connectivity index (χ0) is 12.3. The average Bonchev–Trinajstić information content (AvgIpc) is 2.80. The zero-order valence-corrected chi connectivity index (χ0v) is 9.77. The number of hydrogen-bond donors (Lipinski definition) is 1. The molecule has 1 heterocycles. The smallest absolute Gasteiger partial charge is 0.191 e. The molecule has 2 rings (SSSR count). The summed E-state index contributed by atoms with van der Waals surface area (Å²) in [5.74, 6) is -1.79. The Bertz CT molecular complexity index is 476. The average molecular weight is 255 g/mol. The number of halogens is 2. The molecule has 0 saturated carbocycles. The quantitative estimate of drug-likeness (QED) is 0.911. The van der Waals surface area contributed by atoms with Crippen LogP contribution in [-0.2, 0) is 13.2 Å². The number of hydrogen-bond acceptors (Lipinski definition) is 3. The number of rotatable bonds is 4. The number of nitrogens with two attached hydrogens (primary N) is 1. The highest BCUT2D eigenvalue weighted by atomic mass is 32.1. The molecular weight excluding hydrogens is 244 g/mol. The molecule has 17 heavy (non-hydrogen) atoms. The maximum atomic E-state index is 13.5. The SMILES string of the molecule is NCc1cc(F)c(OCc2cccs2)c(F)c1. The summed E-state index contributed by atoms with van der Waals surface area (Å²) in [4.78, 5) is 0.909. The maximum Gasteiger partial charge on any atom is 0.191 e. The third-order valence-corrected chi connectivity index (χ3v) is 3.08. The number of benzene rings is 1. The Morgan fingerprint density at radius 2 is 1.94 bits per heavy atom. The molecule has 0 aliphatic heterocycles. The third-order valence-electron chi connectivity index (χ3n) is 2.23. The highest BCUT2D eigenvalue weighted by Gasteiger charge is 2.12. The minimum Gasteiger partial charge on any atom is -0.482 e. The van der Waals surface area contributed by atoms with Crippen LogP contribution in [0.5, 0.6) is 5.75 Å². The Kier molecular flexibility index (Phi) is 3.71. The van der Waals surface area contributed by atoms with E-state index in [1.54, 1.807) is 0 Å². The molecule has 0 amide bonds. The monoisotopic (exact) mass is 255 g/mol. The molecule has 0 aliphatic carbocycles. The predicted molar refractivity (Wildman–Crippen MR) is 62.9 cm³/mol. The van der Waals surface area contributed by atoms with Crippen LogP contribution in [0.4, 0.5) is 8.78 Å². The second-order valence-electron chi connectivity index (χ2n) is 3.46. The Morgan fingerprint density at radius 3 is 2.47 bits per heavy atom. The van der Waals surface area contributed by atoms with Crippen molar-refractivity contribution in [3.63, 3.8) is 0 Å². The van der Waals surface area contributed by atoms with Crippen molar-refractivity contribution in [3.05, 3.63) is 51.7 Å². The van der Waals surface area contributed by atoms with E-state index >= 15 is 0 Å². The molecule has 2 nitrogen and oxygen atoms in total. The van der Waals surface area contributed by atoms with Crippen LogP contribution in [0.1, 0.15) is 10.4 Å². The fourth-order valence-corrected chi connectivity index (χ4v) is 2.02. The summed E-state index contributed by atoms with van der Waals surface area (Å²) >= 11 is 1.47. The van der Waals surface area contributed by atoms with E-state index in [1.807, 2.05) is 17.5 Å². The van der Waals surface area contributed by atoms with E-state index < -0.39 is 11.6 Å². The molecule has 0 radical (unpaired) electrons. The lowest BCUT2D eigenvalue weighted by Gasteiger charge is -2.08. The normalized spacial score (nSPS) is 10.5. The Hall–Kier alpha value is -1.46. The number of ether oxygens (including phenoxy) is 1. The zero-order valence-electron chi connectivity index (χ0n) is 8.95. The molecule has 1 aromatic carbocycles. The van der Waals surface area contributed by atoms with Gasteiger partial charge in [-0.25, -0.2) is 8.78 Å². The summed E-state index contributed by atoms with van der Waals surface area (Å²) in [6, 6.07) is 6.07. The summed E-state index contributed by atoms with van der Waals surface area (Å²) in [6.45, 7) is 0.256. The van der Waals surface area contributed by atoms with Crippen molar-refractivity contribution in [2.45, 2.75) is 13.2 Å². The van der Waals surface area contributed by atoms with Gasteiger partial charge < -0.3 is 10.5 Å². The van der Waals surface area contributed by atoms with Gasteiger partial charge in [0.2, 0.25) is 0 Å². The van der Waals surface area contributed by atoms with Crippen molar-refractivity contribution >= 4 is 11.3 Å². The Labute approximate surface area is 102 Å². The summed E-state index contributed by atoms with van der Waals surface area (Å²) in [6.07, 6.45) is 0. The molecule has 0 atom stereocenters. The van der Waals surface area contributed by atoms with Gasteiger partial charge in [-0.1, -0.05) is 6.07 Å². The number of thiophene rings is 1. The van der Waals surface area contributed by atoms with Crippen molar-refractivity contribution in [3.8, 4) is 5.75 Å². The van der Waals surface area contributed by atoms with E-state index in [-0.39, 0.29) is 18.9 Å². The van der Waals surface area contributed by atoms with Crippen LogP contribution in [0.3, 0.4) is 0 Å². The van der Waals surface area contributed by atoms with Gasteiger partial charge >= 0.3 is 0 Å². The molecule has 0 unspecified atom stereocenters. The van der Waals surface area contributed by atoms with Crippen LogP contribution in [0, 0.1) is 11.6 Å². The molecule has 0 fully saturated rings. The Morgan fingerprint density at radius 1 is 1.24 bits per heavy atom. The summed E-state index contributed by atoms with van der Waals surface area (Å²) in [7, 11) is 0. The Balaban J connectivity index is 2.15. The van der Waals surface area contributed by atoms with Gasteiger partial charge in [0, 0.05) is 11.4 Å². The molecule has 90 valence electrons. The lowest BCUT2D eigenvalue weighted by atomic mass is 10.2. The maximum absolute atomic E-state index is 13.5. The van der Waals surface area contributed by atoms with E-state index in [0.29, 0.717) is 5.56 Å². The van der Waals surface area contributed by atoms with Gasteiger partial charge in [-0.05, 0) is 29.1 Å². The minimum atomic E-state index is -0.720.